The van der Waals surface area contributed by atoms with Crippen molar-refractivity contribution >= 4 is 17.4 Å². The molecule has 0 radical (unpaired) electrons. The molecular weight excluding hydrogens is 222 g/mol. The van der Waals surface area contributed by atoms with Crippen molar-refractivity contribution in [3.05, 3.63) is 17.0 Å². The zero-order chi connectivity index (χ0) is 12.0. The van der Waals surface area contributed by atoms with Crippen LogP contribution in [-0.4, -0.2) is 23.1 Å². The van der Waals surface area contributed by atoms with Gasteiger partial charge in [0.25, 0.3) is 0 Å². The van der Waals surface area contributed by atoms with E-state index < -0.39 is 0 Å². The van der Waals surface area contributed by atoms with Crippen LogP contribution in [0.15, 0.2) is 6.33 Å². The molecule has 0 aliphatic carbocycles. The fraction of sp³-hybridized carbons (Fsp3) is 0.667. The first-order valence-electron chi connectivity index (χ1n) is 5.98. The van der Waals surface area contributed by atoms with Gasteiger partial charge in [-0.05, 0) is 19.8 Å². The second-order valence-electron chi connectivity index (χ2n) is 3.80. The van der Waals surface area contributed by atoms with Gasteiger partial charge < -0.3 is 4.90 Å². The minimum atomic E-state index is 0.599. The van der Waals surface area contributed by atoms with E-state index in [1.54, 1.807) is 6.33 Å². The Balaban J connectivity index is 3.04. The quantitative estimate of drug-likeness (QED) is 0.716. The van der Waals surface area contributed by atoms with Crippen molar-refractivity contribution in [1.29, 1.82) is 0 Å². The fourth-order valence-corrected chi connectivity index (χ4v) is 2.03. The van der Waals surface area contributed by atoms with Crippen LogP contribution >= 0.6 is 11.6 Å². The van der Waals surface area contributed by atoms with Gasteiger partial charge in [-0.2, -0.15) is 0 Å². The zero-order valence-electron chi connectivity index (χ0n) is 10.3. The second kappa shape index (κ2) is 6.69. The number of rotatable bonds is 6. The Morgan fingerprint density at radius 3 is 2.50 bits per heavy atom. The summed E-state index contributed by atoms with van der Waals surface area (Å²) in [5.74, 6) is 1.01. The molecule has 1 aromatic heterocycles. The van der Waals surface area contributed by atoms with E-state index >= 15 is 0 Å². The summed E-state index contributed by atoms with van der Waals surface area (Å²) in [4.78, 5) is 10.7. The normalized spacial score (nSPS) is 10.5. The van der Waals surface area contributed by atoms with Crippen LogP contribution < -0.4 is 4.90 Å². The molecule has 4 heteroatoms. The summed E-state index contributed by atoms with van der Waals surface area (Å²) in [6.07, 6.45) is 4.66. The smallest absolute Gasteiger partial charge is 0.137 e. The maximum absolute atomic E-state index is 6.13. The Hall–Kier alpha value is -0.830. The number of anilines is 1. The molecule has 0 N–H and O–H groups in total. The molecule has 3 nitrogen and oxygen atoms in total. The number of halogens is 1. The number of hydrogen-bond acceptors (Lipinski definition) is 3. The monoisotopic (exact) mass is 241 g/mol. The highest BCUT2D eigenvalue weighted by Gasteiger charge is 2.13. The molecule has 0 aliphatic heterocycles. The molecule has 0 aliphatic rings. The van der Waals surface area contributed by atoms with E-state index in [4.69, 9.17) is 11.6 Å². The van der Waals surface area contributed by atoms with Gasteiger partial charge in [-0.3, -0.25) is 0 Å². The van der Waals surface area contributed by atoms with Gasteiger partial charge in [0.1, 0.15) is 17.3 Å². The number of aromatic nitrogens is 2. The third-order valence-corrected chi connectivity index (χ3v) is 2.87. The molecule has 90 valence electrons. The van der Waals surface area contributed by atoms with Crippen molar-refractivity contribution in [2.75, 3.05) is 18.0 Å². The van der Waals surface area contributed by atoms with Crippen LogP contribution in [0.1, 0.15) is 39.2 Å². The van der Waals surface area contributed by atoms with Crippen LogP contribution in [-0.2, 0) is 6.42 Å². The molecule has 1 heterocycles. The maximum Gasteiger partial charge on any atom is 0.137 e. The minimum absolute atomic E-state index is 0.599. The van der Waals surface area contributed by atoms with Crippen molar-refractivity contribution in [3.8, 4) is 0 Å². The van der Waals surface area contributed by atoms with Crippen LogP contribution in [0.2, 0.25) is 5.15 Å². The molecule has 0 atom stereocenters. The summed E-state index contributed by atoms with van der Waals surface area (Å²) in [5, 5.41) is 0.599. The van der Waals surface area contributed by atoms with Crippen molar-refractivity contribution < 1.29 is 0 Å². The van der Waals surface area contributed by atoms with Gasteiger partial charge in [-0.25, -0.2) is 9.97 Å². The molecule has 0 amide bonds. The van der Waals surface area contributed by atoms with E-state index in [0.717, 1.165) is 43.7 Å². The standard InChI is InChI=1S/C12H20ClN3/c1-4-7-10-11(13)14-9-15-12(10)16(6-3)8-5-2/h9H,4-8H2,1-3H3. The van der Waals surface area contributed by atoms with E-state index in [1.165, 1.54) is 0 Å². The second-order valence-corrected chi connectivity index (χ2v) is 4.15. The molecule has 0 saturated carbocycles. The first kappa shape index (κ1) is 13.2. The van der Waals surface area contributed by atoms with E-state index in [9.17, 15) is 0 Å². The average Bonchev–Trinajstić information content (AvgIpc) is 2.29. The van der Waals surface area contributed by atoms with Gasteiger partial charge >= 0.3 is 0 Å². The van der Waals surface area contributed by atoms with Crippen molar-refractivity contribution in [2.45, 2.75) is 40.0 Å². The molecule has 0 fully saturated rings. The summed E-state index contributed by atoms with van der Waals surface area (Å²) in [7, 11) is 0. The Morgan fingerprint density at radius 2 is 1.94 bits per heavy atom. The van der Waals surface area contributed by atoms with Crippen LogP contribution in [0, 0.1) is 0 Å². The van der Waals surface area contributed by atoms with Gasteiger partial charge in [0.2, 0.25) is 0 Å². The van der Waals surface area contributed by atoms with Gasteiger partial charge in [0.15, 0.2) is 0 Å². The van der Waals surface area contributed by atoms with Gasteiger partial charge in [-0.1, -0.05) is 31.9 Å². The molecule has 0 spiro atoms. The highest BCUT2D eigenvalue weighted by molar-refractivity contribution is 6.30. The Kier molecular flexibility index (Phi) is 5.53. The van der Waals surface area contributed by atoms with Gasteiger partial charge in [-0.15, -0.1) is 0 Å². The molecule has 0 aromatic carbocycles. The predicted molar refractivity (Wildman–Crippen MR) is 69.2 cm³/mol. The first-order chi connectivity index (χ1) is 7.74. The Bertz CT molecular complexity index is 328. The molecular formula is C12H20ClN3. The topological polar surface area (TPSA) is 29.0 Å². The Labute approximate surface area is 103 Å². The molecule has 1 rings (SSSR count). The molecule has 0 unspecified atom stereocenters. The van der Waals surface area contributed by atoms with E-state index in [-0.39, 0.29) is 0 Å². The maximum atomic E-state index is 6.13. The van der Waals surface area contributed by atoms with Crippen LogP contribution in [0.4, 0.5) is 5.82 Å². The summed E-state index contributed by atoms with van der Waals surface area (Å²) in [5.41, 5.74) is 1.09. The van der Waals surface area contributed by atoms with E-state index in [2.05, 4.69) is 35.6 Å². The SMILES string of the molecule is CCCc1c(Cl)ncnc1N(CC)CCC. The lowest BCUT2D eigenvalue weighted by molar-refractivity contribution is 0.762. The summed E-state index contributed by atoms with van der Waals surface area (Å²) >= 11 is 6.13. The highest BCUT2D eigenvalue weighted by atomic mass is 35.5. The molecule has 0 saturated heterocycles. The summed E-state index contributed by atoms with van der Waals surface area (Å²) < 4.78 is 0. The zero-order valence-corrected chi connectivity index (χ0v) is 11.1. The van der Waals surface area contributed by atoms with Crippen LogP contribution in [0.3, 0.4) is 0 Å². The fourth-order valence-electron chi connectivity index (χ4n) is 1.80. The number of hydrogen-bond donors (Lipinski definition) is 0. The number of nitrogens with zero attached hydrogens (tertiary/aromatic N) is 3. The predicted octanol–water partition coefficient (Wildman–Crippen LogP) is 3.32. The van der Waals surface area contributed by atoms with Crippen molar-refractivity contribution in [3.63, 3.8) is 0 Å². The lowest BCUT2D eigenvalue weighted by Crippen LogP contribution is -2.26. The first-order valence-corrected chi connectivity index (χ1v) is 6.36. The summed E-state index contributed by atoms with van der Waals surface area (Å²) in [6.45, 7) is 8.42. The van der Waals surface area contributed by atoms with E-state index in [0.29, 0.717) is 5.15 Å². The third-order valence-electron chi connectivity index (χ3n) is 2.54. The van der Waals surface area contributed by atoms with Crippen LogP contribution in [0.25, 0.3) is 0 Å². The highest BCUT2D eigenvalue weighted by Crippen LogP contribution is 2.24. The summed E-state index contributed by atoms with van der Waals surface area (Å²) in [6, 6.07) is 0. The lowest BCUT2D eigenvalue weighted by Gasteiger charge is -2.23. The molecule has 1 aromatic rings. The Morgan fingerprint density at radius 1 is 1.19 bits per heavy atom. The van der Waals surface area contributed by atoms with E-state index in [1.807, 2.05) is 0 Å². The minimum Gasteiger partial charge on any atom is -0.357 e. The third kappa shape index (κ3) is 3.08. The average molecular weight is 242 g/mol. The molecule has 0 bridgehead atoms. The largest absolute Gasteiger partial charge is 0.357 e. The van der Waals surface area contributed by atoms with Crippen molar-refractivity contribution in [1.82, 2.24) is 9.97 Å². The van der Waals surface area contributed by atoms with Crippen molar-refractivity contribution in [2.24, 2.45) is 0 Å². The molecule has 16 heavy (non-hydrogen) atoms. The lowest BCUT2D eigenvalue weighted by atomic mass is 10.1. The van der Waals surface area contributed by atoms with Gasteiger partial charge in [0, 0.05) is 18.7 Å². The van der Waals surface area contributed by atoms with Gasteiger partial charge in [0.05, 0.1) is 0 Å². The van der Waals surface area contributed by atoms with Crippen LogP contribution in [0.5, 0.6) is 0 Å².